The molecule has 0 saturated heterocycles. The van der Waals surface area contributed by atoms with Crippen LogP contribution in [0, 0.1) is 12.7 Å². The molecule has 4 aromatic carbocycles. The monoisotopic (exact) mass is 338 g/mol. The first-order valence-corrected chi connectivity index (χ1v) is 8.72. The Labute approximate surface area is 153 Å². The van der Waals surface area contributed by atoms with Gasteiger partial charge in [-0.2, -0.15) is 0 Å². The van der Waals surface area contributed by atoms with E-state index in [1.165, 1.54) is 39.9 Å². The second-order valence-corrected chi connectivity index (χ2v) is 6.53. The predicted molar refractivity (Wildman–Crippen MR) is 107 cm³/mol. The van der Waals surface area contributed by atoms with Crippen molar-refractivity contribution in [2.45, 2.75) is 6.92 Å². The van der Waals surface area contributed by atoms with Crippen molar-refractivity contribution in [3.8, 4) is 33.4 Å². The molecule has 126 valence electrons. The highest BCUT2D eigenvalue weighted by molar-refractivity contribution is 5.73. The van der Waals surface area contributed by atoms with Crippen molar-refractivity contribution in [2.24, 2.45) is 0 Å². The van der Waals surface area contributed by atoms with Gasteiger partial charge >= 0.3 is 0 Å². The third-order valence-corrected chi connectivity index (χ3v) is 4.67. The summed E-state index contributed by atoms with van der Waals surface area (Å²) in [6.07, 6.45) is 0. The molecule has 0 N–H and O–H groups in total. The second kappa shape index (κ2) is 6.97. The molecule has 0 bridgehead atoms. The molecule has 0 unspecified atom stereocenters. The lowest BCUT2D eigenvalue weighted by atomic mass is 9.98. The molecule has 0 amide bonds. The molecule has 1 heteroatoms. The van der Waals surface area contributed by atoms with Crippen molar-refractivity contribution >= 4 is 0 Å². The minimum absolute atomic E-state index is 0.209. The van der Waals surface area contributed by atoms with Gasteiger partial charge in [0.1, 0.15) is 5.82 Å². The molecule has 0 fully saturated rings. The van der Waals surface area contributed by atoms with E-state index in [0.717, 1.165) is 11.1 Å². The first kappa shape index (κ1) is 16.3. The molecule has 0 aliphatic carbocycles. The highest BCUT2D eigenvalue weighted by Gasteiger charge is 2.02. The summed E-state index contributed by atoms with van der Waals surface area (Å²) >= 11 is 0. The molecule has 26 heavy (non-hydrogen) atoms. The topological polar surface area (TPSA) is 0 Å². The first-order valence-electron chi connectivity index (χ1n) is 8.72. The summed E-state index contributed by atoms with van der Waals surface area (Å²) in [5.74, 6) is -0.209. The number of hydrogen-bond donors (Lipinski definition) is 0. The van der Waals surface area contributed by atoms with Crippen LogP contribution in [0.3, 0.4) is 0 Å². The van der Waals surface area contributed by atoms with Crippen LogP contribution in [0.15, 0.2) is 97.1 Å². The van der Waals surface area contributed by atoms with E-state index in [0.29, 0.717) is 0 Å². The van der Waals surface area contributed by atoms with E-state index in [2.05, 4.69) is 79.7 Å². The summed E-state index contributed by atoms with van der Waals surface area (Å²) < 4.78 is 13.1. The lowest BCUT2D eigenvalue weighted by Crippen LogP contribution is -1.83. The van der Waals surface area contributed by atoms with Crippen LogP contribution in [-0.4, -0.2) is 0 Å². The maximum absolute atomic E-state index is 13.1. The maximum Gasteiger partial charge on any atom is 0.123 e. The van der Waals surface area contributed by atoms with Crippen molar-refractivity contribution in [1.82, 2.24) is 0 Å². The second-order valence-electron chi connectivity index (χ2n) is 6.53. The molecule has 0 atom stereocenters. The van der Waals surface area contributed by atoms with Gasteiger partial charge in [0.2, 0.25) is 0 Å². The maximum atomic E-state index is 13.1. The number of halogens is 1. The summed E-state index contributed by atoms with van der Waals surface area (Å²) in [7, 11) is 0. The first-order chi connectivity index (χ1) is 12.7. The average molecular weight is 338 g/mol. The van der Waals surface area contributed by atoms with Gasteiger partial charge in [-0.25, -0.2) is 4.39 Å². The minimum atomic E-state index is -0.209. The molecule has 0 aromatic heterocycles. The van der Waals surface area contributed by atoms with E-state index in [4.69, 9.17) is 0 Å². The highest BCUT2D eigenvalue weighted by atomic mass is 19.1. The van der Waals surface area contributed by atoms with Gasteiger partial charge in [-0.05, 0) is 52.4 Å². The van der Waals surface area contributed by atoms with Crippen molar-refractivity contribution in [3.63, 3.8) is 0 Å². The van der Waals surface area contributed by atoms with E-state index < -0.39 is 0 Å². The zero-order chi connectivity index (χ0) is 17.9. The largest absolute Gasteiger partial charge is 0.207 e. The van der Waals surface area contributed by atoms with Gasteiger partial charge in [-0.3, -0.25) is 0 Å². The SMILES string of the molecule is Cc1ccc(-c2ccc(-c3ccc(-c4ccc(F)cc4)cc3)cc2)cc1. The molecule has 4 rings (SSSR count). The van der Waals surface area contributed by atoms with E-state index in [9.17, 15) is 4.39 Å². The molecule has 0 aliphatic rings. The molecule has 0 aliphatic heterocycles. The average Bonchev–Trinajstić information content (AvgIpc) is 2.70. The van der Waals surface area contributed by atoms with Crippen LogP contribution in [0.5, 0.6) is 0 Å². The third kappa shape index (κ3) is 3.43. The Balaban J connectivity index is 1.57. The van der Waals surface area contributed by atoms with E-state index in [1.807, 2.05) is 0 Å². The molecule has 0 radical (unpaired) electrons. The molecule has 4 aromatic rings. The van der Waals surface area contributed by atoms with Crippen LogP contribution in [0.4, 0.5) is 4.39 Å². The minimum Gasteiger partial charge on any atom is -0.207 e. The van der Waals surface area contributed by atoms with Gasteiger partial charge in [-0.15, -0.1) is 0 Å². The van der Waals surface area contributed by atoms with Crippen molar-refractivity contribution in [1.29, 1.82) is 0 Å². The third-order valence-electron chi connectivity index (χ3n) is 4.67. The van der Waals surface area contributed by atoms with Crippen LogP contribution in [-0.2, 0) is 0 Å². The molecule has 0 spiro atoms. The van der Waals surface area contributed by atoms with Crippen LogP contribution in [0.1, 0.15) is 5.56 Å². The van der Waals surface area contributed by atoms with Crippen molar-refractivity contribution < 1.29 is 4.39 Å². The lowest BCUT2D eigenvalue weighted by Gasteiger charge is -2.07. The fourth-order valence-corrected chi connectivity index (χ4v) is 3.10. The standard InChI is InChI=1S/C25H19F/c1-18-2-4-19(5-3-18)20-6-8-21(9-7-20)22-10-12-23(13-11-22)24-14-16-25(26)17-15-24/h2-17H,1H3. The molecular weight excluding hydrogens is 319 g/mol. The Morgan fingerprint density at radius 1 is 0.385 bits per heavy atom. The van der Waals surface area contributed by atoms with Crippen molar-refractivity contribution in [3.05, 3.63) is 108 Å². The van der Waals surface area contributed by atoms with Crippen LogP contribution in [0.25, 0.3) is 33.4 Å². The Bertz CT molecular complexity index is 907. The summed E-state index contributed by atoms with van der Waals surface area (Å²) in [6, 6.07) is 32.2. The Morgan fingerprint density at radius 2 is 0.615 bits per heavy atom. The number of hydrogen-bond acceptors (Lipinski definition) is 0. The van der Waals surface area contributed by atoms with E-state index in [-0.39, 0.29) is 5.82 Å². The fourth-order valence-electron chi connectivity index (χ4n) is 3.10. The van der Waals surface area contributed by atoms with Gasteiger partial charge in [0, 0.05) is 0 Å². The van der Waals surface area contributed by atoms with Gasteiger partial charge in [-0.1, -0.05) is 90.5 Å². The smallest absolute Gasteiger partial charge is 0.123 e. The number of aryl methyl sites for hydroxylation is 1. The normalized spacial score (nSPS) is 10.7. The van der Waals surface area contributed by atoms with Gasteiger partial charge in [0.25, 0.3) is 0 Å². The zero-order valence-electron chi connectivity index (χ0n) is 14.6. The Hall–Kier alpha value is -3.19. The van der Waals surface area contributed by atoms with Crippen LogP contribution >= 0.6 is 0 Å². The molecule has 0 saturated carbocycles. The van der Waals surface area contributed by atoms with Gasteiger partial charge in [0.15, 0.2) is 0 Å². The van der Waals surface area contributed by atoms with E-state index in [1.54, 1.807) is 12.1 Å². The lowest BCUT2D eigenvalue weighted by molar-refractivity contribution is 0.628. The number of benzene rings is 4. The highest BCUT2D eigenvalue weighted by Crippen LogP contribution is 2.27. The molecule has 0 nitrogen and oxygen atoms in total. The number of rotatable bonds is 3. The summed E-state index contributed by atoms with van der Waals surface area (Å²) in [5.41, 5.74) is 8.19. The molecule has 0 heterocycles. The van der Waals surface area contributed by atoms with Gasteiger partial charge < -0.3 is 0 Å². The zero-order valence-corrected chi connectivity index (χ0v) is 14.6. The predicted octanol–water partition coefficient (Wildman–Crippen LogP) is 7.14. The van der Waals surface area contributed by atoms with Gasteiger partial charge in [0.05, 0.1) is 0 Å². The quantitative estimate of drug-likeness (QED) is 0.372. The Kier molecular flexibility index (Phi) is 4.37. The fraction of sp³-hybridized carbons (Fsp3) is 0.0400. The van der Waals surface area contributed by atoms with Crippen LogP contribution < -0.4 is 0 Å². The summed E-state index contributed by atoms with van der Waals surface area (Å²) in [6.45, 7) is 2.10. The van der Waals surface area contributed by atoms with Crippen molar-refractivity contribution in [2.75, 3.05) is 0 Å². The summed E-state index contributed by atoms with van der Waals surface area (Å²) in [4.78, 5) is 0. The van der Waals surface area contributed by atoms with Crippen LogP contribution in [0.2, 0.25) is 0 Å². The van der Waals surface area contributed by atoms with E-state index >= 15 is 0 Å². The molecular formula is C25H19F. The Morgan fingerprint density at radius 3 is 0.923 bits per heavy atom. The summed E-state index contributed by atoms with van der Waals surface area (Å²) in [5, 5.41) is 0.